The molecule has 0 saturated heterocycles. The predicted octanol–water partition coefficient (Wildman–Crippen LogP) is 7.48. The highest BCUT2D eigenvalue weighted by molar-refractivity contribution is 6.00. The van der Waals surface area contributed by atoms with Gasteiger partial charge in [-0.1, -0.05) is 39.8 Å². The first-order valence-corrected chi connectivity index (χ1v) is 14.5. The van der Waals surface area contributed by atoms with Crippen LogP contribution in [0.3, 0.4) is 0 Å². The monoisotopic (exact) mass is 555 g/mol. The molecule has 222 valence electrons. The van der Waals surface area contributed by atoms with Crippen molar-refractivity contribution in [3.8, 4) is 0 Å². The standard InChI is InChI=1S/C31H48F3NO4/c1-8-38-28(36)30(7,29(37)39-9-2)25-14-15-27(35(18-16-21(3)4)19-17-22(5)6)26(20-25)23-10-12-24(13-11-23)31(32,33)34/h10-13,21-22,25-27H,8-9,14-20H2,1-7H3. The van der Waals surface area contributed by atoms with Crippen molar-refractivity contribution in [1.29, 1.82) is 0 Å². The van der Waals surface area contributed by atoms with Crippen molar-refractivity contribution in [2.75, 3.05) is 26.3 Å². The summed E-state index contributed by atoms with van der Waals surface area (Å²) in [5.41, 5.74) is -1.37. The van der Waals surface area contributed by atoms with Crippen molar-refractivity contribution < 1.29 is 32.2 Å². The van der Waals surface area contributed by atoms with Gasteiger partial charge in [-0.3, -0.25) is 14.5 Å². The van der Waals surface area contributed by atoms with Gasteiger partial charge in [-0.25, -0.2) is 0 Å². The molecule has 2 rings (SSSR count). The minimum Gasteiger partial charge on any atom is -0.465 e. The fraction of sp³-hybridized carbons (Fsp3) is 0.742. The van der Waals surface area contributed by atoms with Crippen molar-refractivity contribution in [2.24, 2.45) is 23.2 Å². The highest BCUT2D eigenvalue weighted by atomic mass is 19.4. The molecule has 5 nitrogen and oxygen atoms in total. The third-order valence-corrected chi connectivity index (χ3v) is 8.15. The predicted molar refractivity (Wildman–Crippen MR) is 147 cm³/mol. The molecule has 0 heterocycles. The smallest absolute Gasteiger partial charge is 0.416 e. The van der Waals surface area contributed by atoms with Crippen molar-refractivity contribution in [2.45, 2.75) is 98.7 Å². The Bertz CT molecular complexity index is 883. The van der Waals surface area contributed by atoms with Crippen LogP contribution in [-0.2, 0) is 25.2 Å². The number of hydrogen-bond acceptors (Lipinski definition) is 5. The number of halogens is 3. The Hall–Kier alpha value is -2.09. The van der Waals surface area contributed by atoms with Gasteiger partial charge in [-0.15, -0.1) is 0 Å². The normalized spacial score (nSPS) is 20.5. The van der Waals surface area contributed by atoms with E-state index in [0.717, 1.165) is 50.0 Å². The number of carbonyl (C=O) groups is 2. The highest BCUT2D eigenvalue weighted by Crippen LogP contribution is 2.48. The summed E-state index contributed by atoms with van der Waals surface area (Å²) in [6, 6.07) is 5.50. The number of ether oxygens (including phenoxy) is 2. The zero-order valence-electron chi connectivity index (χ0n) is 24.8. The maximum absolute atomic E-state index is 13.3. The van der Waals surface area contributed by atoms with E-state index in [1.807, 2.05) is 0 Å². The van der Waals surface area contributed by atoms with Gasteiger partial charge in [0.2, 0.25) is 0 Å². The lowest BCUT2D eigenvalue weighted by Crippen LogP contribution is -2.51. The largest absolute Gasteiger partial charge is 0.465 e. The minimum atomic E-state index is -4.42. The maximum atomic E-state index is 13.3. The molecule has 0 spiro atoms. The highest BCUT2D eigenvalue weighted by Gasteiger charge is 2.53. The third-order valence-electron chi connectivity index (χ3n) is 8.15. The molecule has 3 atom stereocenters. The van der Waals surface area contributed by atoms with E-state index in [2.05, 4.69) is 32.6 Å². The number of rotatable bonds is 13. The molecule has 0 aliphatic heterocycles. The molecule has 0 amide bonds. The average Bonchev–Trinajstić information content (AvgIpc) is 2.87. The van der Waals surface area contributed by atoms with Gasteiger partial charge in [0.1, 0.15) is 0 Å². The van der Waals surface area contributed by atoms with Crippen LogP contribution in [0, 0.1) is 23.2 Å². The van der Waals surface area contributed by atoms with Gasteiger partial charge in [-0.05, 0) is 107 Å². The van der Waals surface area contributed by atoms with Crippen molar-refractivity contribution in [3.05, 3.63) is 35.4 Å². The number of benzene rings is 1. The number of carbonyl (C=O) groups excluding carboxylic acids is 2. The van der Waals surface area contributed by atoms with Crippen LogP contribution in [0.15, 0.2) is 24.3 Å². The summed E-state index contributed by atoms with van der Waals surface area (Å²) in [6.07, 6.45) is -0.566. The second kappa shape index (κ2) is 14.5. The van der Waals surface area contributed by atoms with Gasteiger partial charge >= 0.3 is 18.1 Å². The van der Waals surface area contributed by atoms with Gasteiger partial charge in [-0.2, -0.15) is 13.2 Å². The fourth-order valence-corrected chi connectivity index (χ4v) is 5.66. The van der Waals surface area contributed by atoms with Gasteiger partial charge in [0.25, 0.3) is 0 Å². The Morgan fingerprint density at radius 3 is 1.79 bits per heavy atom. The van der Waals surface area contributed by atoms with Crippen molar-refractivity contribution >= 4 is 11.9 Å². The van der Waals surface area contributed by atoms with E-state index in [1.165, 1.54) is 0 Å². The van der Waals surface area contributed by atoms with Gasteiger partial charge in [0.15, 0.2) is 5.41 Å². The zero-order chi connectivity index (χ0) is 29.4. The SMILES string of the molecule is CCOC(=O)C(C)(C(=O)OCC)C1CCC(N(CCC(C)C)CCC(C)C)C(c2ccc(C(F)(F)F)cc2)C1. The minimum absolute atomic E-state index is 0.0872. The van der Waals surface area contributed by atoms with Crippen LogP contribution in [0.2, 0.25) is 0 Å². The summed E-state index contributed by atoms with van der Waals surface area (Å²) in [5, 5.41) is 0. The van der Waals surface area contributed by atoms with Gasteiger partial charge in [0, 0.05) is 6.04 Å². The number of esters is 2. The van der Waals surface area contributed by atoms with Crippen LogP contribution >= 0.6 is 0 Å². The molecule has 0 bridgehead atoms. The Morgan fingerprint density at radius 1 is 0.897 bits per heavy atom. The first-order valence-electron chi connectivity index (χ1n) is 14.5. The summed E-state index contributed by atoms with van der Waals surface area (Å²) in [4.78, 5) is 28.9. The molecular formula is C31H48F3NO4. The maximum Gasteiger partial charge on any atom is 0.416 e. The van der Waals surface area contributed by atoms with E-state index in [0.29, 0.717) is 24.7 Å². The van der Waals surface area contributed by atoms with E-state index >= 15 is 0 Å². The summed E-state index contributed by atoms with van der Waals surface area (Å²) in [7, 11) is 0. The molecule has 1 aliphatic carbocycles. The summed E-state index contributed by atoms with van der Waals surface area (Å²) >= 11 is 0. The van der Waals surface area contributed by atoms with Crippen LogP contribution in [0.1, 0.15) is 97.6 Å². The Kier molecular flexibility index (Phi) is 12.3. The molecule has 1 fully saturated rings. The zero-order valence-corrected chi connectivity index (χ0v) is 24.8. The second-order valence-corrected chi connectivity index (χ2v) is 11.8. The summed E-state index contributed by atoms with van der Waals surface area (Å²) < 4.78 is 50.7. The average molecular weight is 556 g/mol. The van der Waals surface area contributed by atoms with Crippen molar-refractivity contribution in [1.82, 2.24) is 4.90 Å². The summed E-state index contributed by atoms with van der Waals surface area (Å²) in [6.45, 7) is 15.8. The third kappa shape index (κ3) is 8.70. The molecule has 0 aromatic heterocycles. The van der Waals surface area contributed by atoms with Crippen LogP contribution < -0.4 is 0 Å². The molecular weight excluding hydrogens is 507 g/mol. The lowest BCUT2D eigenvalue weighted by atomic mass is 9.64. The molecule has 0 radical (unpaired) electrons. The van der Waals surface area contributed by atoms with E-state index in [4.69, 9.17) is 9.47 Å². The first kappa shape index (κ1) is 33.1. The fourth-order valence-electron chi connectivity index (χ4n) is 5.66. The second-order valence-electron chi connectivity index (χ2n) is 11.8. The van der Waals surface area contributed by atoms with Crippen LogP contribution in [0.5, 0.6) is 0 Å². The molecule has 1 aromatic carbocycles. The van der Waals surface area contributed by atoms with Crippen LogP contribution in [-0.4, -0.2) is 49.2 Å². The Morgan fingerprint density at radius 2 is 1.38 bits per heavy atom. The lowest BCUT2D eigenvalue weighted by molar-refractivity contribution is -0.177. The molecule has 0 N–H and O–H groups in total. The number of nitrogens with zero attached hydrogens (tertiary/aromatic N) is 1. The number of alkyl halides is 3. The molecule has 39 heavy (non-hydrogen) atoms. The topological polar surface area (TPSA) is 55.8 Å². The van der Waals surface area contributed by atoms with E-state index in [-0.39, 0.29) is 31.1 Å². The van der Waals surface area contributed by atoms with E-state index in [1.54, 1.807) is 32.9 Å². The molecule has 3 unspecified atom stereocenters. The molecule has 1 aromatic rings. The summed E-state index contributed by atoms with van der Waals surface area (Å²) in [5.74, 6) is -0.680. The first-order chi connectivity index (χ1) is 18.2. The molecule has 8 heteroatoms. The molecule has 1 aliphatic rings. The van der Waals surface area contributed by atoms with Crippen molar-refractivity contribution in [3.63, 3.8) is 0 Å². The van der Waals surface area contributed by atoms with Gasteiger partial charge < -0.3 is 9.47 Å². The Balaban J connectivity index is 2.53. The van der Waals surface area contributed by atoms with Crippen LogP contribution in [0.4, 0.5) is 13.2 Å². The number of hydrogen-bond donors (Lipinski definition) is 0. The van der Waals surface area contributed by atoms with E-state index < -0.39 is 29.1 Å². The van der Waals surface area contributed by atoms with Crippen LogP contribution in [0.25, 0.3) is 0 Å². The van der Waals surface area contributed by atoms with E-state index in [9.17, 15) is 22.8 Å². The Labute approximate surface area is 232 Å². The lowest BCUT2D eigenvalue weighted by Gasteiger charge is -2.46. The quantitative estimate of drug-likeness (QED) is 0.187. The molecule has 1 saturated carbocycles. The van der Waals surface area contributed by atoms with Gasteiger partial charge in [0.05, 0.1) is 18.8 Å².